The largest absolute Gasteiger partial charge is 0.507 e. The first-order valence-electron chi connectivity index (χ1n) is 13.8. The molecule has 2 aromatic rings. The monoisotopic (exact) mass is 586 g/mol. The summed E-state index contributed by atoms with van der Waals surface area (Å²) in [6.45, 7) is 30.2. The standard InChI is InChI=1S/C34H50O4S2/c1-30(2,3)23-17-21(18-24(28(23)37)31(4,5)6)39-34(13,14)40-22-19-25(32(7,8)9)29(38-16-15-27(35)36)26(20-22)33(10,11)12/h15-20,37H,1-14H3,(H,35,36). The number of aliphatic carboxylic acids is 1. The molecule has 0 saturated heterocycles. The summed E-state index contributed by atoms with van der Waals surface area (Å²) in [6.07, 6.45) is 2.29. The first-order valence-corrected chi connectivity index (χ1v) is 15.5. The van der Waals surface area contributed by atoms with Gasteiger partial charge >= 0.3 is 5.97 Å². The molecule has 0 heterocycles. The summed E-state index contributed by atoms with van der Waals surface area (Å²) < 4.78 is 5.79. The Morgan fingerprint density at radius 2 is 0.975 bits per heavy atom. The van der Waals surface area contributed by atoms with Gasteiger partial charge in [0.1, 0.15) is 11.5 Å². The van der Waals surface area contributed by atoms with Gasteiger partial charge in [0, 0.05) is 32.0 Å². The number of carboxylic acids is 1. The summed E-state index contributed by atoms with van der Waals surface area (Å²) in [5, 5.41) is 20.3. The van der Waals surface area contributed by atoms with Crippen molar-refractivity contribution in [3.8, 4) is 11.5 Å². The van der Waals surface area contributed by atoms with Crippen molar-refractivity contribution in [1.29, 1.82) is 0 Å². The molecule has 0 radical (unpaired) electrons. The van der Waals surface area contributed by atoms with Crippen LogP contribution in [0.1, 0.15) is 119 Å². The number of hydrogen-bond donors (Lipinski definition) is 2. The molecular weight excluding hydrogens is 537 g/mol. The SMILES string of the molecule is CC(C)(Sc1cc(C(C)(C)C)c(O)c(C(C)(C)C)c1)Sc1cc(C(C)(C)C)c(OC=CC(=O)O)c(C(C)(C)C)c1. The zero-order valence-electron chi connectivity index (χ0n) is 27.0. The topological polar surface area (TPSA) is 66.8 Å². The number of phenols is 1. The Morgan fingerprint density at radius 3 is 1.27 bits per heavy atom. The van der Waals surface area contributed by atoms with Crippen LogP contribution in [0.25, 0.3) is 0 Å². The molecule has 0 bridgehead atoms. The van der Waals surface area contributed by atoms with Crippen LogP contribution in [0.15, 0.2) is 46.4 Å². The number of ether oxygens (including phenoxy) is 1. The van der Waals surface area contributed by atoms with E-state index in [-0.39, 0.29) is 25.7 Å². The molecule has 6 heteroatoms. The quantitative estimate of drug-likeness (QED) is 0.146. The van der Waals surface area contributed by atoms with Gasteiger partial charge in [0.2, 0.25) is 0 Å². The van der Waals surface area contributed by atoms with E-state index in [1.54, 1.807) is 23.5 Å². The molecule has 0 aliphatic heterocycles. The molecule has 2 rings (SSSR count). The lowest BCUT2D eigenvalue weighted by Gasteiger charge is -2.32. The van der Waals surface area contributed by atoms with Crippen LogP contribution in [-0.4, -0.2) is 20.3 Å². The van der Waals surface area contributed by atoms with E-state index in [0.29, 0.717) is 5.75 Å². The third-order valence-electron chi connectivity index (χ3n) is 6.50. The van der Waals surface area contributed by atoms with Crippen LogP contribution >= 0.6 is 23.5 Å². The Labute approximate surface area is 251 Å². The molecule has 0 fully saturated rings. The van der Waals surface area contributed by atoms with Gasteiger partial charge in [0.25, 0.3) is 0 Å². The zero-order valence-corrected chi connectivity index (χ0v) is 28.6. The smallest absolute Gasteiger partial charge is 0.331 e. The summed E-state index contributed by atoms with van der Waals surface area (Å²) in [5.41, 5.74) is 3.17. The number of hydrogen-bond acceptors (Lipinski definition) is 5. The zero-order chi connectivity index (χ0) is 31.1. The summed E-state index contributed by atoms with van der Waals surface area (Å²) >= 11 is 3.60. The fourth-order valence-electron chi connectivity index (χ4n) is 4.46. The predicted molar refractivity (Wildman–Crippen MR) is 173 cm³/mol. The minimum atomic E-state index is -1.04. The number of aromatic hydroxyl groups is 1. The van der Waals surface area contributed by atoms with Crippen molar-refractivity contribution in [3.63, 3.8) is 0 Å². The van der Waals surface area contributed by atoms with Gasteiger partial charge in [-0.15, -0.1) is 23.5 Å². The van der Waals surface area contributed by atoms with Crippen molar-refractivity contribution in [2.45, 2.75) is 132 Å². The van der Waals surface area contributed by atoms with Crippen molar-refractivity contribution < 1.29 is 19.7 Å². The van der Waals surface area contributed by atoms with E-state index in [9.17, 15) is 9.90 Å². The second-order valence-electron chi connectivity index (χ2n) is 15.1. The van der Waals surface area contributed by atoms with Gasteiger partial charge < -0.3 is 14.9 Å². The lowest BCUT2D eigenvalue weighted by Crippen LogP contribution is -2.20. The highest BCUT2D eigenvalue weighted by Crippen LogP contribution is 2.51. The maximum absolute atomic E-state index is 11.2. The van der Waals surface area contributed by atoms with Crippen molar-refractivity contribution in [1.82, 2.24) is 0 Å². The average molecular weight is 587 g/mol. The number of thioether (sulfide) groups is 2. The first-order chi connectivity index (χ1) is 17.8. The Hall–Kier alpha value is -2.05. The van der Waals surface area contributed by atoms with Crippen LogP contribution in [0.5, 0.6) is 11.5 Å². The van der Waals surface area contributed by atoms with Crippen LogP contribution in [0.4, 0.5) is 0 Å². The minimum Gasteiger partial charge on any atom is -0.507 e. The molecular formula is C34H50O4S2. The van der Waals surface area contributed by atoms with Crippen molar-refractivity contribution in [3.05, 3.63) is 58.9 Å². The molecule has 0 spiro atoms. The van der Waals surface area contributed by atoms with Crippen LogP contribution in [0.3, 0.4) is 0 Å². The van der Waals surface area contributed by atoms with E-state index >= 15 is 0 Å². The third-order valence-corrected chi connectivity index (χ3v) is 8.93. The molecule has 222 valence electrons. The van der Waals surface area contributed by atoms with Crippen molar-refractivity contribution in [2.75, 3.05) is 0 Å². The average Bonchev–Trinajstić information content (AvgIpc) is 2.71. The normalized spacial score (nSPS) is 13.7. The van der Waals surface area contributed by atoms with Crippen LogP contribution in [0, 0.1) is 0 Å². The molecule has 2 aromatic carbocycles. The molecule has 0 aromatic heterocycles. The van der Waals surface area contributed by atoms with Crippen molar-refractivity contribution in [2.24, 2.45) is 0 Å². The number of rotatable bonds is 7. The molecule has 0 aliphatic carbocycles. The number of phenolic OH excluding ortho intramolecular Hbond substituents is 1. The van der Waals surface area contributed by atoms with Crippen LogP contribution in [-0.2, 0) is 26.5 Å². The fourth-order valence-corrected chi connectivity index (χ4v) is 7.05. The summed E-state index contributed by atoms with van der Waals surface area (Å²) in [5.74, 6) is 0.0708. The minimum absolute atomic E-state index is 0.188. The van der Waals surface area contributed by atoms with E-state index in [4.69, 9.17) is 9.84 Å². The highest BCUT2D eigenvalue weighted by molar-refractivity contribution is 8.18. The number of benzene rings is 2. The molecule has 0 atom stereocenters. The second kappa shape index (κ2) is 11.7. The molecule has 0 aliphatic rings. The van der Waals surface area contributed by atoms with Gasteiger partial charge in [-0.05, 0) is 59.8 Å². The summed E-state index contributed by atoms with van der Waals surface area (Å²) in [7, 11) is 0. The summed E-state index contributed by atoms with van der Waals surface area (Å²) in [6, 6.07) is 8.66. The van der Waals surface area contributed by atoms with Gasteiger partial charge in [-0.1, -0.05) is 83.1 Å². The molecule has 0 unspecified atom stereocenters. The Morgan fingerprint density at radius 1 is 0.650 bits per heavy atom. The van der Waals surface area contributed by atoms with Crippen LogP contribution < -0.4 is 4.74 Å². The first kappa shape index (κ1) is 34.2. The van der Waals surface area contributed by atoms with Gasteiger partial charge in [-0.25, -0.2) is 4.79 Å². The Kier molecular flexibility index (Phi) is 9.97. The second-order valence-corrected chi connectivity index (χ2v) is 18.7. The molecule has 40 heavy (non-hydrogen) atoms. The molecule has 0 saturated carbocycles. The maximum atomic E-state index is 11.2. The summed E-state index contributed by atoms with van der Waals surface area (Å²) in [4.78, 5) is 13.4. The third kappa shape index (κ3) is 8.97. The molecule has 0 amide bonds. The van der Waals surface area contributed by atoms with Gasteiger partial charge in [0.05, 0.1) is 16.4 Å². The lowest BCUT2D eigenvalue weighted by molar-refractivity contribution is -0.131. The van der Waals surface area contributed by atoms with Crippen LogP contribution in [0.2, 0.25) is 0 Å². The number of carboxylic acid groups (broad SMARTS) is 1. The van der Waals surface area contributed by atoms with E-state index < -0.39 is 5.97 Å². The van der Waals surface area contributed by atoms with E-state index in [0.717, 1.165) is 43.9 Å². The lowest BCUT2D eigenvalue weighted by atomic mass is 9.79. The maximum Gasteiger partial charge on any atom is 0.331 e. The van der Waals surface area contributed by atoms with E-state index in [1.807, 2.05) is 0 Å². The Bertz CT molecular complexity index is 1190. The highest BCUT2D eigenvalue weighted by Gasteiger charge is 2.32. The molecule has 2 N–H and O–H groups in total. The predicted octanol–water partition coefficient (Wildman–Crippen LogP) is 10.2. The van der Waals surface area contributed by atoms with E-state index in [1.165, 1.54) is 6.26 Å². The van der Waals surface area contributed by atoms with Gasteiger partial charge in [0.15, 0.2) is 0 Å². The molecule has 4 nitrogen and oxygen atoms in total. The van der Waals surface area contributed by atoms with Gasteiger partial charge in [-0.2, -0.15) is 0 Å². The van der Waals surface area contributed by atoms with Gasteiger partial charge in [-0.3, -0.25) is 0 Å². The number of carbonyl (C=O) groups is 1. The Balaban J connectivity index is 2.63. The van der Waals surface area contributed by atoms with Crippen molar-refractivity contribution >= 4 is 29.5 Å². The highest BCUT2D eigenvalue weighted by atomic mass is 32.2. The fraction of sp³-hybridized carbons (Fsp3) is 0.559. The van der Waals surface area contributed by atoms with E-state index in [2.05, 4.69) is 121 Å².